The Hall–Kier alpha value is -0.660. The molecule has 2 nitrogen and oxygen atoms in total. The van der Waals surface area contributed by atoms with E-state index in [2.05, 4.69) is 0 Å². The Morgan fingerprint density at radius 3 is 2.38 bits per heavy atom. The normalized spacial score (nSPS) is 12.8. The molecule has 0 heterocycles. The highest BCUT2D eigenvalue weighted by Gasteiger charge is 2.04. The SMILES string of the molecule is CC(=O)C(C)CC=O. The van der Waals surface area contributed by atoms with Gasteiger partial charge in [-0.25, -0.2) is 0 Å². The Morgan fingerprint density at radius 1 is 1.75 bits per heavy atom. The first-order valence-corrected chi connectivity index (χ1v) is 2.62. The molecule has 0 rings (SSSR count). The molecule has 0 aliphatic heterocycles. The van der Waals surface area contributed by atoms with Crippen LogP contribution in [-0.2, 0) is 9.59 Å². The summed E-state index contributed by atoms with van der Waals surface area (Å²) in [4.78, 5) is 20.1. The molecule has 8 heavy (non-hydrogen) atoms. The molecule has 2 heteroatoms. The van der Waals surface area contributed by atoms with E-state index in [0.717, 1.165) is 6.29 Å². The van der Waals surface area contributed by atoms with Crippen LogP contribution in [0.2, 0.25) is 0 Å². The van der Waals surface area contributed by atoms with E-state index in [1.165, 1.54) is 6.92 Å². The second-order valence-electron chi connectivity index (χ2n) is 1.91. The Morgan fingerprint density at radius 2 is 2.25 bits per heavy atom. The molecule has 0 saturated heterocycles. The van der Waals surface area contributed by atoms with Crippen molar-refractivity contribution in [1.29, 1.82) is 0 Å². The fourth-order valence-electron chi connectivity index (χ4n) is 0.310. The molecule has 0 aromatic heterocycles. The maximum absolute atomic E-state index is 10.4. The van der Waals surface area contributed by atoms with E-state index >= 15 is 0 Å². The average Bonchev–Trinajstić information content (AvgIpc) is 1.67. The van der Waals surface area contributed by atoms with Crippen molar-refractivity contribution >= 4 is 12.1 Å². The molecular formula is C6H10O2. The Kier molecular flexibility index (Phi) is 3.08. The average molecular weight is 114 g/mol. The van der Waals surface area contributed by atoms with Crippen LogP contribution in [0.3, 0.4) is 0 Å². The number of Topliss-reactive ketones (excluding diaryl/α,β-unsaturated/α-hetero) is 1. The van der Waals surface area contributed by atoms with Gasteiger partial charge in [-0.05, 0) is 6.92 Å². The summed E-state index contributed by atoms with van der Waals surface area (Å²) in [5.74, 6) is -0.00963. The fourth-order valence-corrected chi connectivity index (χ4v) is 0.310. The zero-order valence-corrected chi connectivity index (χ0v) is 5.18. The highest BCUT2D eigenvalue weighted by atomic mass is 16.1. The van der Waals surface area contributed by atoms with Crippen molar-refractivity contribution in [2.45, 2.75) is 20.3 Å². The summed E-state index contributed by atoms with van der Waals surface area (Å²) < 4.78 is 0. The fraction of sp³-hybridized carbons (Fsp3) is 0.667. The van der Waals surface area contributed by atoms with E-state index < -0.39 is 0 Å². The molecule has 0 amide bonds. The molecule has 0 aromatic rings. The summed E-state index contributed by atoms with van der Waals surface area (Å²) in [6.07, 6.45) is 1.13. The van der Waals surface area contributed by atoms with Crippen molar-refractivity contribution < 1.29 is 9.59 Å². The van der Waals surface area contributed by atoms with Crippen LogP contribution in [0.1, 0.15) is 20.3 Å². The van der Waals surface area contributed by atoms with Crippen molar-refractivity contribution in [3.63, 3.8) is 0 Å². The van der Waals surface area contributed by atoms with Gasteiger partial charge in [0, 0.05) is 12.3 Å². The minimum absolute atomic E-state index is 0.0806. The van der Waals surface area contributed by atoms with Gasteiger partial charge in [0.15, 0.2) is 0 Å². The van der Waals surface area contributed by atoms with Gasteiger partial charge in [-0.3, -0.25) is 4.79 Å². The lowest BCUT2D eigenvalue weighted by Gasteiger charge is -1.97. The van der Waals surface area contributed by atoms with E-state index in [0.29, 0.717) is 6.42 Å². The van der Waals surface area contributed by atoms with Gasteiger partial charge in [0.1, 0.15) is 12.1 Å². The van der Waals surface area contributed by atoms with Crippen molar-refractivity contribution in [3.8, 4) is 0 Å². The molecule has 0 N–H and O–H groups in total. The lowest BCUT2D eigenvalue weighted by Crippen LogP contribution is -2.05. The number of rotatable bonds is 3. The number of ketones is 1. The third kappa shape index (κ3) is 2.50. The van der Waals surface area contributed by atoms with Gasteiger partial charge >= 0.3 is 0 Å². The van der Waals surface area contributed by atoms with Crippen molar-refractivity contribution in [2.24, 2.45) is 5.92 Å². The summed E-state index contributed by atoms with van der Waals surface area (Å²) in [5, 5.41) is 0. The second kappa shape index (κ2) is 3.36. The first-order chi connectivity index (χ1) is 3.68. The third-order valence-electron chi connectivity index (χ3n) is 1.14. The van der Waals surface area contributed by atoms with E-state index in [9.17, 15) is 9.59 Å². The van der Waals surface area contributed by atoms with Crippen LogP contribution >= 0.6 is 0 Å². The highest BCUT2D eigenvalue weighted by molar-refractivity contribution is 5.80. The molecule has 0 aliphatic carbocycles. The summed E-state index contributed by atoms with van der Waals surface area (Å²) in [5.41, 5.74) is 0. The van der Waals surface area contributed by atoms with Crippen LogP contribution in [0.15, 0.2) is 0 Å². The molecule has 0 bridgehead atoms. The topological polar surface area (TPSA) is 34.1 Å². The first-order valence-electron chi connectivity index (χ1n) is 2.62. The van der Waals surface area contributed by atoms with Crippen LogP contribution < -0.4 is 0 Å². The predicted molar refractivity (Wildman–Crippen MR) is 30.5 cm³/mol. The number of carbonyl (C=O) groups excluding carboxylic acids is 2. The van der Waals surface area contributed by atoms with Gasteiger partial charge in [0.2, 0.25) is 0 Å². The first kappa shape index (κ1) is 7.34. The van der Waals surface area contributed by atoms with Gasteiger partial charge in [-0.2, -0.15) is 0 Å². The van der Waals surface area contributed by atoms with Crippen LogP contribution in [0.25, 0.3) is 0 Å². The molecular weight excluding hydrogens is 104 g/mol. The molecule has 1 atom stereocenters. The van der Waals surface area contributed by atoms with Gasteiger partial charge in [0.25, 0.3) is 0 Å². The van der Waals surface area contributed by atoms with Crippen LogP contribution in [0, 0.1) is 5.92 Å². The quantitative estimate of drug-likeness (QED) is 0.508. The van der Waals surface area contributed by atoms with E-state index in [4.69, 9.17) is 0 Å². The number of hydrogen-bond donors (Lipinski definition) is 0. The molecule has 0 aliphatic rings. The smallest absolute Gasteiger partial charge is 0.133 e. The van der Waals surface area contributed by atoms with Crippen LogP contribution in [-0.4, -0.2) is 12.1 Å². The van der Waals surface area contributed by atoms with E-state index in [1.54, 1.807) is 6.92 Å². The monoisotopic (exact) mass is 114 g/mol. The molecule has 0 radical (unpaired) electrons. The molecule has 0 saturated carbocycles. The Labute approximate surface area is 48.9 Å². The Bertz CT molecular complexity index is 96.7. The molecule has 1 unspecified atom stereocenters. The van der Waals surface area contributed by atoms with E-state index in [-0.39, 0.29) is 11.7 Å². The predicted octanol–water partition coefficient (Wildman–Crippen LogP) is 0.800. The zero-order valence-electron chi connectivity index (χ0n) is 5.18. The summed E-state index contributed by atoms with van der Waals surface area (Å²) >= 11 is 0. The number of aldehydes is 1. The van der Waals surface area contributed by atoms with Crippen molar-refractivity contribution in [1.82, 2.24) is 0 Å². The highest BCUT2D eigenvalue weighted by Crippen LogP contribution is 1.98. The lowest BCUT2D eigenvalue weighted by molar-refractivity contribution is -0.122. The molecule has 0 spiro atoms. The lowest BCUT2D eigenvalue weighted by atomic mass is 10.1. The second-order valence-corrected chi connectivity index (χ2v) is 1.91. The standard InChI is InChI=1S/C6H10O2/c1-5(3-4-7)6(2)8/h4-5H,3H2,1-2H3. The Balaban J connectivity index is 3.46. The summed E-state index contributed by atoms with van der Waals surface area (Å²) in [6, 6.07) is 0. The van der Waals surface area contributed by atoms with Crippen molar-refractivity contribution in [2.75, 3.05) is 0 Å². The summed E-state index contributed by atoms with van der Waals surface area (Å²) in [7, 11) is 0. The number of carbonyl (C=O) groups is 2. The van der Waals surface area contributed by atoms with E-state index in [1.807, 2.05) is 0 Å². The van der Waals surface area contributed by atoms with Crippen LogP contribution in [0.5, 0.6) is 0 Å². The maximum atomic E-state index is 10.4. The minimum Gasteiger partial charge on any atom is -0.303 e. The van der Waals surface area contributed by atoms with Gasteiger partial charge in [-0.15, -0.1) is 0 Å². The third-order valence-corrected chi connectivity index (χ3v) is 1.14. The maximum Gasteiger partial charge on any atom is 0.133 e. The molecule has 0 fully saturated rings. The molecule has 0 aromatic carbocycles. The molecule has 46 valence electrons. The largest absolute Gasteiger partial charge is 0.303 e. The van der Waals surface area contributed by atoms with Gasteiger partial charge in [0.05, 0.1) is 0 Å². The number of hydrogen-bond acceptors (Lipinski definition) is 2. The van der Waals surface area contributed by atoms with Crippen molar-refractivity contribution in [3.05, 3.63) is 0 Å². The van der Waals surface area contributed by atoms with Gasteiger partial charge in [-0.1, -0.05) is 6.92 Å². The minimum atomic E-state index is -0.0903. The zero-order chi connectivity index (χ0) is 6.57. The van der Waals surface area contributed by atoms with Crippen LogP contribution in [0.4, 0.5) is 0 Å². The van der Waals surface area contributed by atoms with Gasteiger partial charge < -0.3 is 4.79 Å². The summed E-state index contributed by atoms with van der Waals surface area (Å²) in [6.45, 7) is 3.24.